The first-order valence-corrected chi connectivity index (χ1v) is 36.7. The van der Waals surface area contributed by atoms with Crippen LogP contribution in [-0.4, -0.2) is 321 Å². The summed E-state index contributed by atoms with van der Waals surface area (Å²) in [6, 6.07) is -9.06. The van der Waals surface area contributed by atoms with Crippen LogP contribution in [0.3, 0.4) is 0 Å². The second-order valence-electron chi connectivity index (χ2n) is 27.8. The van der Waals surface area contributed by atoms with E-state index in [2.05, 4.69) is 44.5 Å². The Labute approximate surface area is 667 Å². The number of rotatable bonds is 62. The largest absolute Gasteiger partial charge is 0.465 e. The standard InChI is InChI=1S/C67H112N22O25S/c1-6-38(4)65(111)46(82-60(106)32-85(62(108)18-52(74)98)22-40(68)8-13-47(69)93)28-87(64(110)20-54(76)100)31-57(103)77-41(10-14-48(70)94)23-83(36-91)29-55(101)78-44(12-16-50(72)96)25-86(63(109)19-53(75)99)30-56(102)79-42(9-7-37(2)3)26-88(66(112)113)33-58(104)81-45(35-90)27-89(67(114)115)34-59(105)80-43(11-15-49(71)95)24-84(21-39(5)92)61(107)17-51(73)97/h36-38,40-46,90H,6-35,68H2,1-5H3,(H2,69,93)(H2,70,94)(H2,71,95)(H2,72,96)(H2,73,97)(H2,74,98)(H2,75,99)(H2,76,100)(H,77,103)(H,78,101)(H,79,102)(H,80,105)(H,81,104)(H,82,106)(H,112,113)(H,114,115)/t38?,40-,41-,42-,43-,44-,45+,46+/m0/s1. The van der Waals surface area contributed by atoms with Gasteiger partial charge < -0.3 is 123 Å². The van der Waals surface area contributed by atoms with Gasteiger partial charge in [-0.15, -0.1) is 0 Å². The summed E-state index contributed by atoms with van der Waals surface area (Å²) < 4.78 is 0. The molecule has 0 aliphatic carbocycles. The number of carbonyl (C=O) groups excluding carboxylic acids is 22. The molecule has 0 rings (SSSR count). The molecule has 0 radical (unpaired) electrons. The monoisotopic (exact) mass is 1660 g/mol. The van der Waals surface area contributed by atoms with E-state index in [0.29, 0.717) is 16.2 Å². The maximum atomic E-state index is 14.1. The van der Waals surface area contributed by atoms with Crippen LogP contribution in [0.4, 0.5) is 9.59 Å². The zero-order chi connectivity index (χ0) is 88.1. The molecule has 115 heavy (non-hydrogen) atoms. The predicted octanol–water partition coefficient (Wildman–Crippen LogP) is -10.5. The number of nitrogens with zero attached hydrogens (tertiary/aromatic N) is 7. The van der Waals surface area contributed by atoms with Gasteiger partial charge in [-0.1, -0.05) is 40.3 Å². The van der Waals surface area contributed by atoms with Gasteiger partial charge in [-0.2, -0.15) is 0 Å². The highest BCUT2D eigenvalue weighted by Gasteiger charge is 2.35. The molecular weight excluding hydrogens is 1540 g/mol. The first-order chi connectivity index (χ1) is 53.6. The Morgan fingerprint density at radius 2 is 0.696 bits per heavy atom. The number of nitrogens with one attached hydrogen (secondary N) is 6. The summed E-state index contributed by atoms with van der Waals surface area (Å²) in [5.41, 5.74) is 48.6. The van der Waals surface area contributed by atoms with E-state index < -0.39 is 314 Å². The summed E-state index contributed by atoms with van der Waals surface area (Å²) in [6.45, 7) is -3.58. The number of Topliss-reactive ketones (excluding diaryl/α,β-unsaturated/α-hetero) is 2. The van der Waals surface area contributed by atoms with E-state index in [0.717, 1.165) is 31.4 Å². The maximum absolute atomic E-state index is 14.1. The molecule has 0 aliphatic rings. The van der Waals surface area contributed by atoms with Crippen LogP contribution in [0.2, 0.25) is 0 Å². The van der Waals surface area contributed by atoms with Crippen molar-refractivity contribution in [1.82, 2.24) is 66.2 Å². The molecule has 0 saturated heterocycles. The molecule has 26 N–H and O–H groups in total. The summed E-state index contributed by atoms with van der Waals surface area (Å²) in [6.07, 6.45) is -7.47. The highest BCUT2D eigenvalue weighted by atomic mass is 32.1. The molecule has 0 spiro atoms. The summed E-state index contributed by atoms with van der Waals surface area (Å²) in [4.78, 5) is 301. The quantitative estimate of drug-likeness (QED) is 0.0153. The molecule has 48 heteroatoms. The van der Waals surface area contributed by atoms with Crippen LogP contribution < -0.4 is 83.5 Å². The lowest BCUT2D eigenvalue weighted by Crippen LogP contribution is -2.56. The van der Waals surface area contributed by atoms with E-state index >= 15 is 0 Å². The van der Waals surface area contributed by atoms with Gasteiger partial charge in [-0.3, -0.25) is 110 Å². The van der Waals surface area contributed by atoms with Gasteiger partial charge in [0.1, 0.15) is 50.6 Å². The second-order valence-corrected chi connectivity index (χ2v) is 28.2. The molecule has 0 saturated carbocycles. The summed E-state index contributed by atoms with van der Waals surface area (Å²) >= 11 is 3.79. The Balaban J connectivity index is 6.99. The van der Waals surface area contributed by atoms with Crippen LogP contribution in [0, 0.1) is 11.8 Å². The van der Waals surface area contributed by atoms with E-state index in [9.17, 15) is 120 Å². The van der Waals surface area contributed by atoms with Gasteiger partial charge in [-0.05, 0) is 57.8 Å². The number of primary amides is 8. The zero-order valence-corrected chi connectivity index (χ0v) is 65.9. The lowest BCUT2D eigenvalue weighted by molar-refractivity contribution is -0.141. The van der Waals surface area contributed by atoms with Crippen molar-refractivity contribution in [2.75, 3.05) is 98.2 Å². The third kappa shape index (κ3) is 47.4. The molecule has 47 nitrogen and oxygen atoms in total. The van der Waals surface area contributed by atoms with Crippen molar-refractivity contribution >= 4 is 148 Å². The minimum Gasteiger partial charge on any atom is -0.465 e. The van der Waals surface area contributed by atoms with Gasteiger partial charge in [0.15, 0.2) is 5.78 Å². The molecular formula is C67H112N22O25S. The number of carbonyl (C=O) groups is 23. The van der Waals surface area contributed by atoms with Crippen molar-refractivity contribution in [2.45, 2.75) is 173 Å². The SMILES string of the molecule is CCC(C)C(=O)[C@@H](CN(CC(=O)N[C@@H](CCC(N)=O)CN(C=O)CC(=O)N[C@@H](CCC(N)=O)CN(CC(=O)N[C@@H](CCC(C)C)CN(CC(=O)N[C@@H](CO)CN(CC(=O)N[C@@H](CCC(N)=O)CN(CC(C)=O)C(=O)CC(N)=O)C(=O)S)C(=O)O)C(=O)CC(N)=O)C(=O)CC(N)=O)NC(=O)CN(C[C@@H](N)CCC(N)=O)C(=O)CC(N)=O. The molecule has 0 aliphatic heterocycles. The van der Waals surface area contributed by atoms with Crippen LogP contribution in [0.5, 0.6) is 0 Å². The van der Waals surface area contributed by atoms with Gasteiger partial charge >= 0.3 is 6.09 Å². The number of thiol groups is 1. The third-order valence-corrected chi connectivity index (χ3v) is 17.1. The minimum absolute atomic E-state index is 0.0106. The zero-order valence-electron chi connectivity index (χ0n) is 65.0. The normalized spacial score (nSPS) is 12.9. The Hall–Kier alpha value is -11.7. The van der Waals surface area contributed by atoms with Gasteiger partial charge in [0.2, 0.25) is 113 Å². The Bertz CT molecular complexity index is 3480. The van der Waals surface area contributed by atoms with E-state index in [4.69, 9.17) is 51.6 Å². The van der Waals surface area contributed by atoms with Gasteiger partial charge in [0, 0.05) is 108 Å². The van der Waals surface area contributed by atoms with Crippen molar-refractivity contribution < 1.29 is 120 Å². The molecule has 0 aromatic heterocycles. The van der Waals surface area contributed by atoms with E-state index in [1.165, 1.54) is 6.92 Å². The van der Waals surface area contributed by atoms with Gasteiger partial charge in [0.25, 0.3) is 5.24 Å². The first-order valence-electron chi connectivity index (χ1n) is 36.2. The van der Waals surface area contributed by atoms with Crippen LogP contribution in [-0.2, 0) is 101 Å². The number of hydrogen-bond acceptors (Lipinski definition) is 25. The fourth-order valence-electron chi connectivity index (χ4n) is 11.0. The Morgan fingerprint density at radius 3 is 1.04 bits per heavy atom. The molecule has 0 bridgehead atoms. The van der Waals surface area contributed by atoms with Crippen molar-refractivity contribution in [3.63, 3.8) is 0 Å². The fraction of sp³-hybridized carbons (Fsp3) is 0.657. The van der Waals surface area contributed by atoms with Crippen LogP contribution in [0.25, 0.3) is 0 Å². The van der Waals surface area contributed by atoms with Gasteiger partial charge in [-0.25, -0.2) is 4.79 Å². The highest BCUT2D eigenvalue weighted by Crippen LogP contribution is 2.15. The third-order valence-electron chi connectivity index (χ3n) is 16.8. The average Bonchev–Trinajstić information content (AvgIpc) is 0.845. The molecule has 8 atom stereocenters. The van der Waals surface area contributed by atoms with Crippen LogP contribution in [0.15, 0.2) is 0 Å². The molecule has 21 amide bonds. The van der Waals surface area contributed by atoms with E-state index in [-0.39, 0.29) is 63.7 Å². The molecule has 0 aromatic carbocycles. The number of nitrogens with two attached hydrogens (primary N) is 9. The molecule has 0 aromatic rings. The number of aliphatic hydroxyl groups excluding tert-OH is 1. The fourth-order valence-corrected chi connectivity index (χ4v) is 11.2. The van der Waals surface area contributed by atoms with Crippen LogP contribution >= 0.6 is 12.6 Å². The summed E-state index contributed by atoms with van der Waals surface area (Å²) in [5.74, 6) is -20.5. The number of ketones is 2. The van der Waals surface area contributed by atoms with Crippen molar-refractivity contribution in [1.29, 1.82) is 0 Å². The van der Waals surface area contributed by atoms with E-state index in [1.807, 2.05) is 0 Å². The lowest BCUT2D eigenvalue weighted by Gasteiger charge is -2.31. The second kappa shape index (κ2) is 54.1. The Morgan fingerprint density at radius 1 is 0.383 bits per heavy atom. The predicted molar refractivity (Wildman–Crippen MR) is 404 cm³/mol. The molecule has 1 unspecified atom stereocenters. The topological polar surface area (TPSA) is 762 Å². The van der Waals surface area contributed by atoms with Crippen molar-refractivity contribution in [2.24, 2.45) is 63.4 Å². The number of hydrogen-bond donors (Lipinski definition) is 18. The number of amides is 21. The molecule has 0 heterocycles. The summed E-state index contributed by atoms with van der Waals surface area (Å²) in [7, 11) is 0. The maximum Gasteiger partial charge on any atom is 0.407 e. The average molecular weight is 1660 g/mol. The lowest BCUT2D eigenvalue weighted by atomic mass is 9.96. The van der Waals surface area contributed by atoms with Gasteiger partial charge in [0.05, 0.1) is 45.4 Å². The van der Waals surface area contributed by atoms with E-state index in [1.54, 1.807) is 20.8 Å². The van der Waals surface area contributed by atoms with Crippen LogP contribution in [0.1, 0.15) is 131 Å². The van der Waals surface area contributed by atoms with Crippen molar-refractivity contribution in [3.8, 4) is 0 Å². The Kier molecular flexibility index (Phi) is 48.6. The highest BCUT2D eigenvalue weighted by molar-refractivity contribution is 7.96. The molecule has 646 valence electrons. The smallest absolute Gasteiger partial charge is 0.407 e. The number of carboxylic acid groups (broad SMARTS) is 1. The molecule has 0 fully saturated rings. The summed E-state index contributed by atoms with van der Waals surface area (Å²) in [5, 5.41) is 34.5. The first kappa shape index (κ1) is 103. The van der Waals surface area contributed by atoms with Crippen molar-refractivity contribution in [3.05, 3.63) is 0 Å². The number of aliphatic hydroxyl groups is 1. The minimum atomic E-state index is -1.72.